The van der Waals surface area contributed by atoms with Gasteiger partial charge in [0.15, 0.2) is 0 Å². The Morgan fingerprint density at radius 1 is 0.929 bits per heavy atom. The van der Waals surface area contributed by atoms with Crippen molar-refractivity contribution in [2.75, 3.05) is 0 Å². The Hall–Kier alpha value is -2.88. The molecule has 0 aliphatic carbocycles. The minimum Gasteiger partial charge on any atom is -0.268 e. The average Bonchev–Trinajstić information content (AvgIpc) is 2.68. The van der Waals surface area contributed by atoms with Gasteiger partial charge in [-0.15, -0.1) is 0 Å². The highest BCUT2D eigenvalue weighted by molar-refractivity contribution is 6.35. The lowest BCUT2D eigenvalue weighted by Crippen LogP contribution is -2.23. The van der Waals surface area contributed by atoms with E-state index in [1.807, 2.05) is 61.5 Å². The molecule has 3 nitrogen and oxygen atoms in total. The molecule has 4 aromatic rings. The molecular weight excluding hydrogens is 391 g/mol. The number of aryl methyl sites for hydroxylation is 1. The van der Waals surface area contributed by atoms with Crippen molar-refractivity contribution in [3.05, 3.63) is 104 Å². The highest BCUT2D eigenvalue weighted by Crippen LogP contribution is 2.23. The van der Waals surface area contributed by atoms with E-state index in [-0.39, 0.29) is 5.56 Å². The lowest BCUT2D eigenvalue weighted by Gasteiger charge is -2.13. The predicted molar refractivity (Wildman–Crippen MR) is 117 cm³/mol. The molecule has 0 aliphatic rings. The third kappa shape index (κ3) is 3.47. The molecule has 1 heterocycles. The van der Waals surface area contributed by atoms with Gasteiger partial charge in [0, 0.05) is 10.0 Å². The fourth-order valence-electron chi connectivity index (χ4n) is 3.11. The maximum atomic E-state index is 13.3. The number of para-hydroxylation sites is 2. The molecule has 0 amide bonds. The van der Waals surface area contributed by atoms with Crippen LogP contribution in [-0.4, -0.2) is 9.55 Å². The molecule has 3 aromatic carbocycles. The number of hydrogen-bond donors (Lipinski definition) is 0. The van der Waals surface area contributed by atoms with E-state index in [0.29, 0.717) is 26.8 Å². The lowest BCUT2D eigenvalue weighted by atomic mass is 10.1. The van der Waals surface area contributed by atoms with Gasteiger partial charge in [0.1, 0.15) is 5.82 Å². The second-order valence-corrected chi connectivity index (χ2v) is 7.26. The average molecular weight is 407 g/mol. The Kier molecular flexibility index (Phi) is 5.03. The second-order valence-electron chi connectivity index (χ2n) is 6.41. The first kappa shape index (κ1) is 18.5. The standard InChI is InChI=1S/C23H16Cl2N2O/c1-15-6-2-5-9-21(15)27-22(13-11-16-10-12-17(24)14-19(16)25)26-20-8-4-3-7-18(20)23(27)28/h2-14H,1H3/b13-11+. The monoisotopic (exact) mass is 406 g/mol. The summed E-state index contributed by atoms with van der Waals surface area (Å²) >= 11 is 12.3. The highest BCUT2D eigenvalue weighted by Gasteiger charge is 2.12. The minimum atomic E-state index is -0.109. The Morgan fingerprint density at radius 3 is 2.46 bits per heavy atom. The van der Waals surface area contributed by atoms with Gasteiger partial charge in [0.05, 0.1) is 16.6 Å². The zero-order valence-electron chi connectivity index (χ0n) is 15.1. The molecule has 4 rings (SSSR count). The van der Waals surface area contributed by atoms with E-state index >= 15 is 0 Å². The second kappa shape index (κ2) is 7.63. The Labute approximate surface area is 172 Å². The van der Waals surface area contributed by atoms with Crippen LogP contribution in [0, 0.1) is 6.92 Å². The summed E-state index contributed by atoms with van der Waals surface area (Å²) in [5, 5.41) is 1.68. The number of fused-ring (bicyclic) bond motifs is 1. The summed E-state index contributed by atoms with van der Waals surface area (Å²) < 4.78 is 1.64. The van der Waals surface area contributed by atoms with Gasteiger partial charge in [-0.3, -0.25) is 9.36 Å². The van der Waals surface area contributed by atoms with E-state index in [0.717, 1.165) is 16.8 Å². The van der Waals surface area contributed by atoms with Gasteiger partial charge in [-0.25, -0.2) is 4.98 Å². The molecule has 1 aromatic heterocycles. The zero-order chi connectivity index (χ0) is 19.7. The molecule has 0 saturated heterocycles. The van der Waals surface area contributed by atoms with Crippen molar-refractivity contribution < 1.29 is 0 Å². The van der Waals surface area contributed by atoms with Crippen LogP contribution in [0.5, 0.6) is 0 Å². The van der Waals surface area contributed by atoms with Crippen molar-refractivity contribution in [2.24, 2.45) is 0 Å². The van der Waals surface area contributed by atoms with Gasteiger partial charge >= 0.3 is 0 Å². The highest BCUT2D eigenvalue weighted by atomic mass is 35.5. The van der Waals surface area contributed by atoms with Crippen molar-refractivity contribution in [1.82, 2.24) is 9.55 Å². The maximum absolute atomic E-state index is 13.3. The first-order valence-electron chi connectivity index (χ1n) is 8.75. The van der Waals surface area contributed by atoms with E-state index in [9.17, 15) is 4.79 Å². The molecule has 0 N–H and O–H groups in total. The topological polar surface area (TPSA) is 34.9 Å². The molecule has 0 unspecified atom stereocenters. The van der Waals surface area contributed by atoms with Gasteiger partial charge in [-0.2, -0.15) is 0 Å². The number of aromatic nitrogens is 2. The van der Waals surface area contributed by atoms with E-state index in [1.54, 1.807) is 28.8 Å². The first-order valence-corrected chi connectivity index (χ1v) is 9.51. The predicted octanol–water partition coefficient (Wildman–Crippen LogP) is 6.17. The molecule has 138 valence electrons. The van der Waals surface area contributed by atoms with Crippen molar-refractivity contribution >= 4 is 46.3 Å². The number of benzene rings is 3. The van der Waals surface area contributed by atoms with Crippen molar-refractivity contribution in [1.29, 1.82) is 0 Å². The van der Waals surface area contributed by atoms with Crippen LogP contribution in [0.15, 0.2) is 71.5 Å². The van der Waals surface area contributed by atoms with Crippen LogP contribution in [-0.2, 0) is 0 Å². The minimum absolute atomic E-state index is 0.109. The molecule has 0 atom stereocenters. The van der Waals surface area contributed by atoms with Crippen molar-refractivity contribution in [2.45, 2.75) is 6.92 Å². The SMILES string of the molecule is Cc1ccccc1-n1c(/C=C/c2ccc(Cl)cc2Cl)nc2ccccc2c1=O. The van der Waals surface area contributed by atoms with Gasteiger partial charge in [0.25, 0.3) is 5.56 Å². The van der Waals surface area contributed by atoms with Gasteiger partial charge in [-0.1, -0.05) is 59.6 Å². The van der Waals surface area contributed by atoms with Crippen LogP contribution in [0.25, 0.3) is 28.7 Å². The number of nitrogens with zero attached hydrogens (tertiary/aromatic N) is 2. The molecule has 0 spiro atoms. The number of hydrogen-bond acceptors (Lipinski definition) is 2. The van der Waals surface area contributed by atoms with Crippen LogP contribution in [0.3, 0.4) is 0 Å². The summed E-state index contributed by atoms with van der Waals surface area (Å²) in [6, 6.07) is 20.4. The molecule has 0 bridgehead atoms. The normalized spacial score (nSPS) is 11.4. The Balaban J connectivity index is 1.96. The number of rotatable bonds is 3. The van der Waals surface area contributed by atoms with Crippen LogP contribution < -0.4 is 5.56 Å². The Bertz CT molecular complexity index is 1280. The zero-order valence-corrected chi connectivity index (χ0v) is 16.6. The third-order valence-corrected chi connectivity index (χ3v) is 5.09. The molecular formula is C23H16Cl2N2O. The summed E-state index contributed by atoms with van der Waals surface area (Å²) in [5.74, 6) is 0.531. The van der Waals surface area contributed by atoms with E-state index < -0.39 is 0 Å². The summed E-state index contributed by atoms with van der Waals surface area (Å²) in [6.07, 6.45) is 3.64. The smallest absolute Gasteiger partial charge is 0.266 e. The van der Waals surface area contributed by atoms with Gasteiger partial charge in [-0.05, 0) is 60.5 Å². The fraction of sp³-hybridized carbons (Fsp3) is 0.0435. The summed E-state index contributed by atoms with van der Waals surface area (Å²) in [7, 11) is 0. The maximum Gasteiger partial charge on any atom is 0.266 e. The van der Waals surface area contributed by atoms with Gasteiger partial charge < -0.3 is 0 Å². The molecule has 28 heavy (non-hydrogen) atoms. The lowest BCUT2D eigenvalue weighted by molar-refractivity contribution is 0.934. The summed E-state index contributed by atoms with van der Waals surface area (Å²) in [4.78, 5) is 18.0. The van der Waals surface area contributed by atoms with E-state index in [4.69, 9.17) is 28.2 Å². The van der Waals surface area contributed by atoms with E-state index in [1.165, 1.54) is 0 Å². The molecule has 0 radical (unpaired) electrons. The fourth-order valence-corrected chi connectivity index (χ4v) is 3.58. The van der Waals surface area contributed by atoms with Crippen molar-refractivity contribution in [3.8, 4) is 5.69 Å². The van der Waals surface area contributed by atoms with E-state index in [2.05, 4.69) is 0 Å². The van der Waals surface area contributed by atoms with Crippen LogP contribution in [0.4, 0.5) is 0 Å². The largest absolute Gasteiger partial charge is 0.268 e. The summed E-state index contributed by atoms with van der Waals surface area (Å²) in [6.45, 7) is 1.97. The van der Waals surface area contributed by atoms with Crippen LogP contribution >= 0.6 is 23.2 Å². The van der Waals surface area contributed by atoms with Gasteiger partial charge in [0.2, 0.25) is 0 Å². The first-order chi connectivity index (χ1) is 13.5. The third-order valence-electron chi connectivity index (χ3n) is 4.53. The molecule has 0 aliphatic heterocycles. The van der Waals surface area contributed by atoms with Crippen LogP contribution in [0.1, 0.15) is 17.0 Å². The van der Waals surface area contributed by atoms with Crippen LogP contribution in [0.2, 0.25) is 10.0 Å². The number of halogens is 2. The van der Waals surface area contributed by atoms with Crippen molar-refractivity contribution in [3.63, 3.8) is 0 Å². The molecule has 0 saturated carbocycles. The molecule has 5 heteroatoms. The summed E-state index contributed by atoms with van der Waals surface area (Å²) in [5.41, 5.74) is 3.12. The molecule has 0 fully saturated rings. The Morgan fingerprint density at radius 2 is 1.68 bits per heavy atom. The quantitative estimate of drug-likeness (QED) is 0.407.